The van der Waals surface area contributed by atoms with Gasteiger partial charge in [0.05, 0.1) is 5.56 Å². The van der Waals surface area contributed by atoms with Crippen molar-refractivity contribution in [2.45, 2.75) is 46.7 Å². The molecule has 0 unspecified atom stereocenters. The summed E-state index contributed by atoms with van der Waals surface area (Å²) < 4.78 is 0. The van der Waals surface area contributed by atoms with E-state index in [1.165, 1.54) is 5.56 Å². The van der Waals surface area contributed by atoms with Crippen molar-refractivity contribution in [2.24, 2.45) is 0 Å². The second-order valence-corrected chi connectivity index (χ2v) is 7.40. The van der Waals surface area contributed by atoms with E-state index in [1.807, 2.05) is 49.1 Å². The molecule has 1 amide bonds. The highest BCUT2D eigenvalue weighted by molar-refractivity contribution is 5.94. The van der Waals surface area contributed by atoms with E-state index < -0.39 is 0 Å². The number of hydrogen-bond acceptors (Lipinski definition) is 4. The lowest BCUT2D eigenvalue weighted by atomic mass is 10.1. The third-order valence-electron chi connectivity index (χ3n) is 4.96. The molecule has 1 heterocycles. The molecule has 0 aliphatic carbocycles. The molecule has 1 aromatic heterocycles. The molecule has 0 fully saturated rings. The van der Waals surface area contributed by atoms with Crippen molar-refractivity contribution in [3.8, 4) is 0 Å². The van der Waals surface area contributed by atoms with Gasteiger partial charge < -0.3 is 10.2 Å². The summed E-state index contributed by atoms with van der Waals surface area (Å²) in [6.07, 6.45) is 4.12. The highest BCUT2D eigenvalue weighted by Crippen LogP contribution is 2.24. The van der Waals surface area contributed by atoms with Crippen LogP contribution in [0.15, 0.2) is 60.9 Å². The smallest absolute Gasteiger partial charge is 0.257 e. The van der Waals surface area contributed by atoms with E-state index in [0.717, 1.165) is 23.2 Å². The lowest BCUT2D eigenvalue weighted by Gasteiger charge is -2.27. The van der Waals surface area contributed by atoms with E-state index in [1.54, 1.807) is 12.4 Å². The average molecular weight is 389 g/mol. The zero-order valence-electron chi connectivity index (χ0n) is 17.5. The molecule has 29 heavy (non-hydrogen) atoms. The van der Waals surface area contributed by atoms with Gasteiger partial charge in [-0.2, -0.15) is 0 Å². The first kappa shape index (κ1) is 20.5. The number of amides is 1. The SMILES string of the molecule is CCc1cccc(C)c1Nc1ncc(C(=O)N(Cc2ccccc2)C(C)C)cn1. The predicted molar refractivity (Wildman–Crippen MR) is 117 cm³/mol. The Bertz CT molecular complexity index is 952. The molecule has 0 aliphatic rings. The van der Waals surface area contributed by atoms with Crippen molar-refractivity contribution >= 4 is 17.5 Å². The molecule has 0 saturated carbocycles. The number of carbonyl (C=O) groups is 1. The van der Waals surface area contributed by atoms with Gasteiger partial charge in [0, 0.05) is 30.7 Å². The number of hydrogen-bond donors (Lipinski definition) is 1. The predicted octanol–water partition coefficient (Wildman–Crippen LogP) is 5.14. The Balaban J connectivity index is 1.77. The molecule has 0 spiro atoms. The number of aryl methyl sites for hydroxylation is 2. The van der Waals surface area contributed by atoms with E-state index in [4.69, 9.17) is 0 Å². The van der Waals surface area contributed by atoms with Crippen LogP contribution in [0.5, 0.6) is 0 Å². The molecule has 1 N–H and O–H groups in total. The fraction of sp³-hybridized carbons (Fsp3) is 0.292. The summed E-state index contributed by atoms with van der Waals surface area (Å²) in [5.41, 5.74) is 4.97. The Kier molecular flexibility index (Phi) is 6.60. The maximum Gasteiger partial charge on any atom is 0.257 e. The summed E-state index contributed by atoms with van der Waals surface area (Å²) in [4.78, 5) is 23.7. The number of benzene rings is 2. The van der Waals surface area contributed by atoms with Crippen LogP contribution in [-0.4, -0.2) is 26.8 Å². The van der Waals surface area contributed by atoms with Gasteiger partial charge in [0.1, 0.15) is 0 Å². The second-order valence-electron chi connectivity index (χ2n) is 7.40. The van der Waals surface area contributed by atoms with Crippen LogP contribution in [0.2, 0.25) is 0 Å². The molecule has 3 aromatic rings. The van der Waals surface area contributed by atoms with E-state index in [9.17, 15) is 4.79 Å². The first-order chi connectivity index (χ1) is 14.0. The number of carbonyl (C=O) groups excluding carboxylic acids is 1. The number of nitrogens with one attached hydrogen (secondary N) is 1. The number of anilines is 2. The van der Waals surface area contributed by atoms with Gasteiger partial charge in [0.25, 0.3) is 5.91 Å². The highest BCUT2D eigenvalue weighted by Gasteiger charge is 2.20. The Labute approximate surface area is 172 Å². The maximum atomic E-state index is 13.0. The summed E-state index contributed by atoms with van der Waals surface area (Å²) in [5.74, 6) is 0.422. The lowest BCUT2D eigenvalue weighted by Crippen LogP contribution is -2.36. The van der Waals surface area contributed by atoms with Crippen LogP contribution >= 0.6 is 0 Å². The molecule has 5 heteroatoms. The van der Waals surface area contributed by atoms with Gasteiger partial charge in [0.15, 0.2) is 0 Å². The Morgan fingerprint density at radius 2 is 1.72 bits per heavy atom. The van der Waals surface area contributed by atoms with Gasteiger partial charge in [-0.1, -0.05) is 55.5 Å². The van der Waals surface area contributed by atoms with Gasteiger partial charge in [-0.3, -0.25) is 4.79 Å². The summed E-state index contributed by atoms with van der Waals surface area (Å²) in [6.45, 7) is 8.77. The Hall–Kier alpha value is -3.21. The van der Waals surface area contributed by atoms with Crippen molar-refractivity contribution in [3.05, 3.63) is 83.2 Å². The number of rotatable bonds is 7. The highest BCUT2D eigenvalue weighted by atomic mass is 16.2. The molecule has 0 radical (unpaired) electrons. The van der Waals surface area contributed by atoms with E-state index in [2.05, 4.69) is 47.3 Å². The fourth-order valence-electron chi connectivity index (χ4n) is 3.25. The summed E-state index contributed by atoms with van der Waals surface area (Å²) in [7, 11) is 0. The van der Waals surface area contributed by atoms with E-state index in [-0.39, 0.29) is 11.9 Å². The van der Waals surface area contributed by atoms with Gasteiger partial charge in [0.2, 0.25) is 5.95 Å². The Morgan fingerprint density at radius 1 is 1.03 bits per heavy atom. The van der Waals surface area contributed by atoms with Gasteiger partial charge in [-0.25, -0.2) is 9.97 Å². The molecule has 150 valence electrons. The largest absolute Gasteiger partial charge is 0.332 e. The minimum Gasteiger partial charge on any atom is -0.332 e. The standard InChI is InChI=1S/C24H28N4O/c1-5-20-13-9-10-18(4)22(20)27-24-25-14-21(15-26-24)23(29)28(17(2)3)16-19-11-7-6-8-12-19/h6-15,17H,5,16H2,1-4H3,(H,25,26,27). The van der Waals surface area contributed by atoms with Crippen LogP contribution < -0.4 is 5.32 Å². The third-order valence-corrected chi connectivity index (χ3v) is 4.96. The molecule has 0 bridgehead atoms. The van der Waals surface area contributed by atoms with E-state index >= 15 is 0 Å². The molecule has 0 aliphatic heterocycles. The normalized spacial score (nSPS) is 10.8. The van der Waals surface area contributed by atoms with E-state index in [0.29, 0.717) is 18.1 Å². The zero-order valence-corrected chi connectivity index (χ0v) is 17.5. The monoisotopic (exact) mass is 388 g/mol. The molecular formula is C24H28N4O. The summed E-state index contributed by atoms with van der Waals surface area (Å²) >= 11 is 0. The van der Waals surface area contributed by atoms with Gasteiger partial charge in [-0.15, -0.1) is 0 Å². The average Bonchev–Trinajstić information content (AvgIpc) is 2.74. The molecule has 0 atom stereocenters. The minimum absolute atomic E-state index is 0.0689. The van der Waals surface area contributed by atoms with Crippen molar-refractivity contribution < 1.29 is 4.79 Å². The summed E-state index contributed by atoms with van der Waals surface area (Å²) in [6, 6.07) is 16.3. The van der Waals surface area contributed by atoms with Crippen molar-refractivity contribution in [2.75, 3.05) is 5.32 Å². The second kappa shape index (κ2) is 9.32. The number of aromatic nitrogens is 2. The molecular weight excluding hydrogens is 360 g/mol. The summed E-state index contributed by atoms with van der Waals surface area (Å²) in [5, 5.41) is 3.30. The first-order valence-corrected chi connectivity index (χ1v) is 10.0. The number of nitrogens with zero attached hydrogens (tertiary/aromatic N) is 3. The van der Waals surface area contributed by atoms with Crippen molar-refractivity contribution in [1.82, 2.24) is 14.9 Å². The van der Waals surface area contributed by atoms with Crippen molar-refractivity contribution in [1.29, 1.82) is 0 Å². The molecule has 5 nitrogen and oxygen atoms in total. The molecule has 2 aromatic carbocycles. The topological polar surface area (TPSA) is 58.1 Å². The minimum atomic E-state index is -0.0689. The fourth-order valence-corrected chi connectivity index (χ4v) is 3.25. The Morgan fingerprint density at radius 3 is 2.34 bits per heavy atom. The van der Waals surface area contributed by atoms with Gasteiger partial charge >= 0.3 is 0 Å². The quantitative estimate of drug-likeness (QED) is 0.609. The van der Waals surface area contributed by atoms with Crippen LogP contribution in [-0.2, 0) is 13.0 Å². The maximum absolute atomic E-state index is 13.0. The van der Waals surface area contributed by atoms with Crippen LogP contribution in [0, 0.1) is 6.92 Å². The first-order valence-electron chi connectivity index (χ1n) is 10.0. The molecule has 0 saturated heterocycles. The molecule has 3 rings (SSSR count). The zero-order chi connectivity index (χ0) is 20.8. The lowest BCUT2D eigenvalue weighted by molar-refractivity contribution is 0.0689. The van der Waals surface area contributed by atoms with Crippen LogP contribution in [0.1, 0.15) is 47.8 Å². The number of para-hydroxylation sites is 1. The van der Waals surface area contributed by atoms with Crippen molar-refractivity contribution in [3.63, 3.8) is 0 Å². The third kappa shape index (κ3) is 4.99. The van der Waals surface area contributed by atoms with Crippen LogP contribution in [0.25, 0.3) is 0 Å². The van der Waals surface area contributed by atoms with Crippen LogP contribution in [0.4, 0.5) is 11.6 Å². The van der Waals surface area contributed by atoms with Gasteiger partial charge in [-0.05, 0) is 43.9 Å². The van der Waals surface area contributed by atoms with Crippen LogP contribution in [0.3, 0.4) is 0 Å².